The number of rotatable bonds is 0. The van der Waals surface area contributed by atoms with E-state index in [1.807, 2.05) is 0 Å². The maximum absolute atomic E-state index is 4.50. The smallest absolute Gasteiger partial charge is 0.0606 e. The van der Waals surface area contributed by atoms with Crippen molar-refractivity contribution in [2.75, 3.05) is 7.11 Å². The number of hydrogen-bond donors (Lipinski definition) is 0. The molecule has 0 saturated heterocycles. The van der Waals surface area contributed by atoms with Crippen LogP contribution in [0.15, 0.2) is 0 Å². The Hall–Kier alpha value is 0.769. The maximum Gasteiger partial charge on any atom is 0.0606 e. The minimum Gasteiger partial charge on any atom is -0.283 e. The second-order valence-electron chi connectivity index (χ2n) is 0.154. The van der Waals surface area contributed by atoms with Crippen LogP contribution in [0.25, 0.3) is 0 Å². The molecule has 0 unspecified atom stereocenters. The molecular formula is CH3ClCuO. The first-order valence-electron chi connectivity index (χ1n) is 0.563. The summed E-state index contributed by atoms with van der Waals surface area (Å²) in [5.74, 6) is 0. The van der Waals surface area contributed by atoms with Crippen LogP contribution >= 0.6 is 11.9 Å². The monoisotopic (exact) mass is 129 g/mol. The van der Waals surface area contributed by atoms with Gasteiger partial charge in [0.25, 0.3) is 0 Å². The van der Waals surface area contributed by atoms with E-state index < -0.39 is 0 Å². The average molecular weight is 130 g/mol. The van der Waals surface area contributed by atoms with Gasteiger partial charge in [-0.05, 0) is 0 Å². The SMILES string of the molecule is COCl.[Cu]. The molecule has 0 aliphatic rings. The molecule has 0 aromatic rings. The first kappa shape index (κ1) is 8.84. The van der Waals surface area contributed by atoms with Gasteiger partial charge >= 0.3 is 0 Å². The Labute approximate surface area is 40.9 Å². The van der Waals surface area contributed by atoms with Crippen LogP contribution in [0.1, 0.15) is 0 Å². The Balaban J connectivity index is 0. The zero-order valence-electron chi connectivity index (χ0n) is 2.09. The predicted octanol–water partition coefficient (Wildman–Crippen LogP) is 0.784. The second-order valence-corrected chi connectivity index (χ2v) is 0.463. The van der Waals surface area contributed by atoms with E-state index >= 15 is 0 Å². The molecular weight excluding hydrogens is 127 g/mol. The molecule has 0 bridgehead atoms. The average Bonchev–Trinajstić information content (AvgIpc) is 0.918. The van der Waals surface area contributed by atoms with E-state index in [1.165, 1.54) is 7.11 Å². The van der Waals surface area contributed by atoms with Crippen molar-refractivity contribution in [2.24, 2.45) is 0 Å². The molecule has 0 heterocycles. The third kappa shape index (κ3) is 14.6. The van der Waals surface area contributed by atoms with Gasteiger partial charge in [-0.2, -0.15) is 0 Å². The van der Waals surface area contributed by atoms with Crippen molar-refractivity contribution in [2.45, 2.75) is 0 Å². The van der Waals surface area contributed by atoms with Crippen molar-refractivity contribution >= 4 is 11.9 Å². The van der Waals surface area contributed by atoms with Crippen molar-refractivity contribution in [1.82, 2.24) is 0 Å². The van der Waals surface area contributed by atoms with Crippen LogP contribution in [0.3, 0.4) is 0 Å². The third-order valence-electron chi connectivity index (χ3n) is 0. The Morgan fingerprint density at radius 1 is 1.75 bits per heavy atom. The fraction of sp³-hybridized carbons (Fsp3) is 1.00. The molecule has 3 heteroatoms. The van der Waals surface area contributed by atoms with Gasteiger partial charge in [0, 0.05) is 17.1 Å². The molecule has 0 saturated carbocycles. The van der Waals surface area contributed by atoms with Gasteiger partial charge in [-0.15, -0.1) is 0 Å². The molecule has 1 nitrogen and oxygen atoms in total. The van der Waals surface area contributed by atoms with Gasteiger partial charge in [-0.3, -0.25) is 4.29 Å². The molecule has 0 aromatic carbocycles. The van der Waals surface area contributed by atoms with Crippen molar-refractivity contribution in [3.05, 3.63) is 0 Å². The van der Waals surface area contributed by atoms with E-state index in [0.717, 1.165) is 0 Å². The van der Waals surface area contributed by atoms with Crippen LogP contribution in [0.2, 0.25) is 0 Å². The van der Waals surface area contributed by atoms with Gasteiger partial charge in [0.15, 0.2) is 0 Å². The predicted molar refractivity (Wildman–Crippen MR) is 12.9 cm³/mol. The Morgan fingerprint density at radius 2 is 1.75 bits per heavy atom. The largest absolute Gasteiger partial charge is 0.283 e. The fourth-order valence-electron chi connectivity index (χ4n) is 0. The first-order valence-corrected chi connectivity index (χ1v) is 0.871. The molecule has 0 aliphatic carbocycles. The summed E-state index contributed by atoms with van der Waals surface area (Å²) in [5.41, 5.74) is 0. The van der Waals surface area contributed by atoms with E-state index in [0.29, 0.717) is 0 Å². The van der Waals surface area contributed by atoms with Crippen molar-refractivity contribution in [3.63, 3.8) is 0 Å². The second kappa shape index (κ2) is 9.23. The number of hydrogen-bond acceptors (Lipinski definition) is 1. The van der Waals surface area contributed by atoms with Crippen LogP contribution in [0.4, 0.5) is 0 Å². The molecule has 0 spiro atoms. The Kier molecular flexibility index (Phi) is 20.4. The summed E-state index contributed by atoms with van der Waals surface area (Å²) in [6.07, 6.45) is 0. The summed E-state index contributed by atoms with van der Waals surface area (Å²) < 4.78 is 3.72. The van der Waals surface area contributed by atoms with Crippen LogP contribution in [-0.2, 0) is 21.4 Å². The quantitative estimate of drug-likeness (QED) is 0.440. The Morgan fingerprint density at radius 3 is 1.75 bits per heavy atom. The minimum absolute atomic E-state index is 0. The molecule has 0 rings (SSSR count). The van der Waals surface area contributed by atoms with Crippen LogP contribution in [-0.4, -0.2) is 7.11 Å². The fourth-order valence-corrected chi connectivity index (χ4v) is 0. The van der Waals surface area contributed by atoms with Gasteiger partial charge in [-0.1, -0.05) is 0 Å². The molecule has 0 atom stereocenters. The molecule has 0 aromatic heterocycles. The number of halogens is 1. The summed E-state index contributed by atoms with van der Waals surface area (Å²) in [6.45, 7) is 0. The van der Waals surface area contributed by atoms with Crippen LogP contribution in [0, 0.1) is 0 Å². The topological polar surface area (TPSA) is 9.23 Å². The van der Waals surface area contributed by atoms with E-state index in [-0.39, 0.29) is 17.1 Å². The van der Waals surface area contributed by atoms with E-state index in [9.17, 15) is 0 Å². The maximum atomic E-state index is 4.50. The molecule has 31 valence electrons. The van der Waals surface area contributed by atoms with E-state index in [1.54, 1.807) is 0 Å². The normalized spacial score (nSPS) is 4.50. The van der Waals surface area contributed by atoms with E-state index in [4.69, 9.17) is 0 Å². The van der Waals surface area contributed by atoms with Gasteiger partial charge in [-0.25, -0.2) is 0 Å². The standard InChI is InChI=1S/CH3ClO.Cu/c1-3-2;/h1H3;. The van der Waals surface area contributed by atoms with Gasteiger partial charge in [0.05, 0.1) is 19.0 Å². The van der Waals surface area contributed by atoms with E-state index in [2.05, 4.69) is 16.2 Å². The molecule has 0 amide bonds. The zero-order chi connectivity index (χ0) is 2.71. The van der Waals surface area contributed by atoms with Gasteiger partial charge in [0.2, 0.25) is 0 Å². The third-order valence-corrected chi connectivity index (χ3v) is 0. The summed E-state index contributed by atoms with van der Waals surface area (Å²) in [7, 11) is 1.39. The minimum atomic E-state index is 0. The molecule has 0 N–H and O–H groups in total. The zero-order valence-corrected chi connectivity index (χ0v) is 3.79. The van der Waals surface area contributed by atoms with Crippen molar-refractivity contribution in [3.8, 4) is 0 Å². The molecule has 4 heavy (non-hydrogen) atoms. The molecule has 0 fully saturated rings. The van der Waals surface area contributed by atoms with Crippen molar-refractivity contribution in [1.29, 1.82) is 0 Å². The molecule has 1 radical (unpaired) electrons. The molecule has 0 aliphatic heterocycles. The summed E-state index contributed by atoms with van der Waals surface area (Å²) in [5, 5.41) is 0. The summed E-state index contributed by atoms with van der Waals surface area (Å²) in [4.78, 5) is 0. The Bertz CT molecular complexity index is 8.00. The van der Waals surface area contributed by atoms with Crippen LogP contribution < -0.4 is 0 Å². The summed E-state index contributed by atoms with van der Waals surface area (Å²) in [6, 6.07) is 0. The van der Waals surface area contributed by atoms with Gasteiger partial charge in [0.1, 0.15) is 0 Å². The summed E-state index contributed by atoms with van der Waals surface area (Å²) >= 11 is 4.50. The first-order chi connectivity index (χ1) is 1.41. The van der Waals surface area contributed by atoms with Gasteiger partial charge < -0.3 is 0 Å². The van der Waals surface area contributed by atoms with Crippen molar-refractivity contribution < 1.29 is 21.4 Å². The van der Waals surface area contributed by atoms with Crippen LogP contribution in [0.5, 0.6) is 0 Å².